The Labute approximate surface area is 116 Å². The van der Waals surface area contributed by atoms with Gasteiger partial charge in [-0.1, -0.05) is 32.9 Å². The van der Waals surface area contributed by atoms with Crippen LogP contribution in [0, 0.1) is 0 Å². The molecule has 0 spiro atoms. The molecule has 0 unspecified atom stereocenters. The van der Waals surface area contributed by atoms with E-state index in [1.807, 2.05) is 12.1 Å². The molecule has 0 bridgehead atoms. The fourth-order valence-electron chi connectivity index (χ4n) is 2.54. The summed E-state index contributed by atoms with van der Waals surface area (Å²) in [6.45, 7) is 9.44. The average Bonchev–Trinajstić information content (AvgIpc) is 2.81. The number of hydrogen-bond acceptors (Lipinski definition) is 1. The van der Waals surface area contributed by atoms with Gasteiger partial charge in [0.25, 0.3) is 5.91 Å². The topological polar surface area (TPSA) is 33.5 Å². The maximum atomic E-state index is 11.9. The molecule has 0 atom stereocenters. The summed E-state index contributed by atoms with van der Waals surface area (Å²) in [5, 5.41) is 2.99. The number of benzene rings is 1. The van der Waals surface area contributed by atoms with Crippen molar-refractivity contribution < 1.29 is 9.69 Å². The van der Waals surface area contributed by atoms with Gasteiger partial charge in [-0.15, -0.1) is 0 Å². The van der Waals surface area contributed by atoms with Gasteiger partial charge in [-0.05, 0) is 23.1 Å². The van der Waals surface area contributed by atoms with E-state index >= 15 is 0 Å². The summed E-state index contributed by atoms with van der Waals surface area (Å²) in [5.74, 6) is 0.125. The first-order valence-corrected chi connectivity index (χ1v) is 7.19. The molecule has 1 aromatic carbocycles. The first-order valence-electron chi connectivity index (χ1n) is 7.19. The Morgan fingerprint density at radius 3 is 2.26 bits per heavy atom. The number of carbonyl (C=O) groups excluding carboxylic acids is 1. The van der Waals surface area contributed by atoms with Crippen molar-refractivity contribution in [1.82, 2.24) is 0 Å². The summed E-state index contributed by atoms with van der Waals surface area (Å²) < 4.78 is 0. The van der Waals surface area contributed by atoms with Crippen LogP contribution < -0.4 is 10.2 Å². The molecule has 1 heterocycles. The Kier molecular flexibility index (Phi) is 4.25. The molecule has 3 nitrogen and oxygen atoms in total. The highest BCUT2D eigenvalue weighted by molar-refractivity contribution is 5.91. The summed E-state index contributed by atoms with van der Waals surface area (Å²) in [6.07, 6.45) is 2.51. The van der Waals surface area contributed by atoms with Crippen LogP contribution in [0.15, 0.2) is 24.3 Å². The van der Waals surface area contributed by atoms with E-state index in [0.29, 0.717) is 6.54 Å². The van der Waals surface area contributed by atoms with Crippen molar-refractivity contribution in [3.05, 3.63) is 29.8 Å². The van der Waals surface area contributed by atoms with Gasteiger partial charge in [0.15, 0.2) is 6.54 Å². The fraction of sp³-hybridized carbons (Fsp3) is 0.562. The Hall–Kier alpha value is -1.35. The van der Waals surface area contributed by atoms with E-state index in [0.717, 1.165) is 18.8 Å². The number of quaternary nitrogens is 1. The Balaban J connectivity index is 1.90. The third kappa shape index (κ3) is 4.06. The molecule has 0 aromatic heterocycles. The summed E-state index contributed by atoms with van der Waals surface area (Å²) in [4.78, 5) is 13.3. The van der Waals surface area contributed by atoms with E-state index in [-0.39, 0.29) is 11.3 Å². The lowest BCUT2D eigenvalue weighted by atomic mass is 9.87. The molecular weight excluding hydrogens is 236 g/mol. The maximum absolute atomic E-state index is 11.9. The number of amides is 1. The Morgan fingerprint density at radius 2 is 1.74 bits per heavy atom. The number of anilines is 1. The second-order valence-electron chi connectivity index (χ2n) is 6.51. The van der Waals surface area contributed by atoms with E-state index in [1.165, 1.54) is 23.3 Å². The van der Waals surface area contributed by atoms with Gasteiger partial charge in [-0.25, -0.2) is 0 Å². The van der Waals surface area contributed by atoms with Gasteiger partial charge in [-0.2, -0.15) is 0 Å². The molecule has 1 amide bonds. The predicted molar refractivity (Wildman–Crippen MR) is 78.6 cm³/mol. The molecule has 2 rings (SSSR count). The number of nitrogens with one attached hydrogen (secondary N) is 2. The minimum atomic E-state index is 0.125. The van der Waals surface area contributed by atoms with E-state index in [4.69, 9.17) is 0 Å². The molecule has 2 N–H and O–H groups in total. The van der Waals surface area contributed by atoms with Gasteiger partial charge in [-0.3, -0.25) is 4.79 Å². The van der Waals surface area contributed by atoms with Crippen molar-refractivity contribution in [1.29, 1.82) is 0 Å². The minimum Gasteiger partial charge on any atom is -0.327 e. The van der Waals surface area contributed by atoms with Crippen LogP contribution in [0.3, 0.4) is 0 Å². The molecule has 1 aliphatic heterocycles. The summed E-state index contributed by atoms with van der Waals surface area (Å²) in [5.41, 5.74) is 2.34. The van der Waals surface area contributed by atoms with Crippen LogP contribution >= 0.6 is 0 Å². The van der Waals surface area contributed by atoms with Crippen molar-refractivity contribution in [3.8, 4) is 0 Å². The second kappa shape index (κ2) is 5.74. The van der Waals surface area contributed by atoms with Crippen LogP contribution in [-0.4, -0.2) is 25.5 Å². The van der Waals surface area contributed by atoms with Gasteiger partial charge in [0.2, 0.25) is 0 Å². The largest absolute Gasteiger partial charge is 0.327 e. The first kappa shape index (κ1) is 14.1. The van der Waals surface area contributed by atoms with E-state index in [1.54, 1.807) is 0 Å². The van der Waals surface area contributed by atoms with Crippen LogP contribution in [0.25, 0.3) is 0 Å². The van der Waals surface area contributed by atoms with Crippen molar-refractivity contribution in [2.24, 2.45) is 0 Å². The highest BCUT2D eigenvalue weighted by Gasteiger charge is 2.19. The second-order valence-corrected chi connectivity index (χ2v) is 6.51. The smallest absolute Gasteiger partial charge is 0.279 e. The van der Waals surface area contributed by atoms with Crippen LogP contribution in [0.4, 0.5) is 5.69 Å². The van der Waals surface area contributed by atoms with Crippen molar-refractivity contribution >= 4 is 11.6 Å². The molecule has 1 saturated heterocycles. The third-order valence-corrected chi connectivity index (χ3v) is 3.76. The van der Waals surface area contributed by atoms with Crippen LogP contribution in [-0.2, 0) is 10.2 Å². The molecule has 19 heavy (non-hydrogen) atoms. The first-order chi connectivity index (χ1) is 8.95. The zero-order valence-electron chi connectivity index (χ0n) is 12.3. The van der Waals surface area contributed by atoms with Gasteiger partial charge in [0.05, 0.1) is 13.1 Å². The zero-order valence-corrected chi connectivity index (χ0v) is 12.3. The monoisotopic (exact) mass is 261 g/mol. The third-order valence-electron chi connectivity index (χ3n) is 3.76. The standard InChI is InChI=1S/C16H24N2O/c1-16(2,3)13-6-8-14(9-7-13)17-15(19)12-18-10-4-5-11-18/h6-9H,4-5,10-12H2,1-3H3,(H,17,19)/p+1. The molecule has 0 radical (unpaired) electrons. The average molecular weight is 261 g/mol. The highest BCUT2D eigenvalue weighted by Crippen LogP contribution is 2.23. The Bertz CT molecular complexity index is 425. The normalized spacial score (nSPS) is 16.6. The van der Waals surface area contributed by atoms with Crippen molar-refractivity contribution in [2.45, 2.75) is 39.0 Å². The van der Waals surface area contributed by atoms with Gasteiger partial charge < -0.3 is 10.2 Å². The lowest BCUT2D eigenvalue weighted by molar-refractivity contribution is -0.878. The summed E-state index contributed by atoms with van der Waals surface area (Å²) >= 11 is 0. The molecule has 104 valence electrons. The van der Waals surface area contributed by atoms with E-state index < -0.39 is 0 Å². The van der Waals surface area contributed by atoms with Crippen LogP contribution in [0.1, 0.15) is 39.2 Å². The van der Waals surface area contributed by atoms with E-state index in [2.05, 4.69) is 38.2 Å². The highest BCUT2D eigenvalue weighted by atomic mass is 16.2. The number of likely N-dealkylation sites (tertiary alicyclic amines) is 1. The Morgan fingerprint density at radius 1 is 1.16 bits per heavy atom. The number of hydrogen-bond donors (Lipinski definition) is 2. The lowest BCUT2D eigenvalue weighted by Crippen LogP contribution is -3.11. The molecule has 3 heteroatoms. The lowest BCUT2D eigenvalue weighted by Gasteiger charge is -2.19. The maximum Gasteiger partial charge on any atom is 0.279 e. The molecule has 0 aliphatic carbocycles. The number of rotatable bonds is 3. The molecule has 1 aliphatic rings. The van der Waals surface area contributed by atoms with Crippen LogP contribution in [0.5, 0.6) is 0 Å². The van der Waals surface area contributed by atoms with Gasteiger partial charge in [0.1, 0.15) is 0 Å². The molecule has 1 fully saturated rings. The van der Waals surface area contributed by atoms with Gasteiger partial charge in [0, 0.05) is 18.5 Å². The predicted octanol–water partition coefficient (Wildman–Crippen LogP) is 1.60. The zero-order chi connectivity index (χ0) is 13.9. The molecule has 0 saturated carbocycles. The number of carbonyl (C=O) groups is 1. The van der Waals surface area contributed by atoms with E-state index in [9.17, 15) is 4.79 Å². The summed E-state index contributed by atoms with van der Waals surface area (Å²) in [6, 6.07) is 8.19. The van der Waals surface area contributed by atoms with Gasteiger partial charge >= 0.3 is 0 Å². The fourth-order valence-corrected chi connectivity index (χ4v) is 2.54. The summed E-state index contributed by atoms with van der Waals surface area (Å²) in [7, 11) is 0. The van der Waals surface area contributed by atoms with Crippen molar-refractivity contribution in [2.75, 3.05) is 25.0 Å². The quantitative estimate of drug-likeness (QED) is 0.851. The van der Waals surface area contributed by atoms with Crippen molar-refractivity contribution in [3.63, 3.8) is 0 Å². The van der Waals surface area contributed by atoms with Crippen LogP contribution in [0.2, 0.25) is 0 Å². The molecule has 1 aromatic rings. The SMILES string of the molecule is CC(C)(C)c1ccc(NC(=O)C[NH+]2CCCC2)cc1. The molecular formula is C16H25N2O+. The minimum absolute atomic E-state index is 0.125.